The van der Waals surface area contributed by atoms with Gasteiger partial charge in [-0.15, -0.1) is 11.8 Å². The molecule has 0 amide bonds. The lowest BCUT2D eigenvalue weighted by molar-refractivity contribution is 0.214. The van der Waals surface area contributed by atoms with Crippen LogP contribution in [-0.2, 0) is 0 Å². The van der Waals surface area contributed by atoms with Crippen molar-refractivity contribution in [3.63, 3.8) is 0 Å². The highest BCUT2D eigenvalue weighted by Crippen LogP contribution is 2.26. The third-order valence-corrected chi connectivity index (χ3v) is 4.86. The minimum absolute atomic E-state index is 0.789. The van der Waals surface area contributed by atoms with Crippen LogP contribution in [0.3, 0.4) is 0 Å². The van der Waals surface area contributed by atoms with Gasteiger partial charge >= 0.3 is 0 Å². The van der Waals surface area contributed by atoms with Crippen molar-refractivity contribution in [1.82, 2.24) is 9.80 Å². The third kappa shape index (κ3) is 3.58. The van der Waals surface area contributed by atoms with Crippen LogP contribution in [0.2, 0.25) is 0 Å². The van der Waals surface area contributed by atoms with Gasteiger partial charge in [-0.2, -0.15) is 11.8 Å². The number of nitrogens with two attached hydrogens (primary N) is 1. The molecule has 3 nitrogen and oxygen atoms in total. The predicted octanol–water partition coefficient (Wildman–Crippen LogP) is 1.58. The van der Waals surface area contributed by atoms with E-state index in [2.05, 4.69) is 15.2 Å². The SMILES string of the molecule is NCCSCC1=CSCN1CN1CCCC1. The topological polar surface area (TPSA) is 32.5 Å². The van der Waals surface area contributed by atoms with Gasteiger partial charge in [-0.3, -0.25) is 4.90 Å². The zero-order valence-corrected chi connectivity index (χ0v) is 11.4. The highest BCUT2D eigenvalue weighted by Gasteiger charge is 2.20. The van der Waals surface area contributed by atoms with Gasteiger partial charge < -0.3 is 10.6 Å². The summed E-state index contributed by atoms with van der Waals surface area (Å²) in [7, 11) is 0. The molecule has 0 spiro atoms. The van der Waals surface area contributed by atoms with Crippen molar-refractivity contribution in [3.05, 3.63) is 11.1 Å². The molecule has 5 heteroatoms. The number of likely N-dealkylation sites (tertiary alicyclic amines) is 1. The van der Waals surface area contributed by atoms with Crippen LogP contribution in [0.15, 0.2) is 11.1 Å². The molecule has 0 bridgehead atoms. The molecule has 0 unspecified atom stereocenters. The number of nitrogens with zero attached hydrogens (tertiary/aromatic N) is 2. The van der Waals surface area contributed by atoms with E-state index in [0.29, 0.717) is 0 Å². The molecule has 0 aromatic carbocycles. The number of hydrogen-bond donors (Lipinski definition) is 1. The summed E-state index contributed by atoms with van der Waals surface area (Å²) in [6.45, 7) is 4.48. The molecule has 0 aliphatic carbocycles. The summed E-state index contributed by atoms with van der Waals surface area (Å²) in [6.07, 6.45) is 2.75. The fourth-order valence-corrected chi connectivity index (χ4v) is 3.88. The molecule has 0 saturated carbocycles. The Morgan fingerprint density at radius 2 is 2.19 bits per heavy atom. The van der Waals surface area contributed by atoms with Gasteiger partial charge in [0.1, 0.15) is 0 Å². The molecular formula is C11H21N3S2. The molecule has 0 atom stereocenters. The van der Waals surface area contributed by atoms with E-state index in [9.17, 15) is 0 Å². The summed E-state index contributed by atoms with van der Waals surface area (Å²) in [6, 6.07) is 0. The van der Waals surface area contributed by atoms with Gasteiger partial charge in [-0.1, -0.05) is 0 Å². The van der Waals surface area contributed by atoms with Gasteiger partial charge in [-0.05, 0) is 31.3 Å². The van der Waals surface area contributed by atoms with Crippen LogP contribution >= 0.6 is 23.5 Å². The van der Waals surface area contributed by atoms with Crippen LogP contribution in [-0.4, -0.2) is 53.5 Å². The van der Waals surface area contributed by atoms with E-state index in [0.717, 1.165) is 30.6 Å². The van der Waals surface area contributed by atoms with Crippen LogP contribution < -0.4 is 5.73 Å². The third-order valence-electron chi connectivity index (χ3n) is 2.94. The first-order valence-corrected chi connectivity index (χ1v) is 8.16. The minimum atomic E-state index is 0.789. The summed E-state index contributed by atoms with van der Waals surface area (Å²) in [5.74, 6) is 3.33. The molecule has 0 aromatic heterocycles. The first-order valence-electron chi connectivity index (χ1n) is 5.96. The van der Waals surface area contributed by atoms with Crippen LogP contribution in [0.4, 0.5) is 0 Å². The van der Waals surface area contributed by atoms with Crippen molar-refractivity contribution in [2.75, 3.05) is 43.7 Å². The highest BCUT2D eigenvalue weighted by molar-refractivity contribution is 8.02. The van der Waals surface area contributed by atoms with Crippen molar-refractivity contribution >= 4 is 23.5 Å². The smallest absolute Gasteiger partial charge is 0.0713 e. The maximum atomic E-state index is 5.51. The Kier molecular flexibility index (Phi) is 5.35. The van der Waals surface area contributed by atoms with Gasteiger partial charge in [0, 0.05) is 23.7 Å². The molecule has 0 radical (unpaired) electrons. The van der Waals surface area contributed by atoms with E-state index in [1.807, 2.05) is 23.5 Å². The Hall–Kier alpha value is 0.160. The second kappa shape index (κ2) is 6.79. The van der Waals surface area contributed by atoms with Gasteiger partial charge in [0.25, 0.3) is 0 Å². The first-order chi connectivity index (χ1) is 7.90. The quantitative estimate of drug-likeness (QED) is 0.732. The molecule has 2 aliphatic heterocycles. The fourth-order valence-electron chi connectivity index (χ4n) is 2.06. The Labute approximate surface area is 107 Å². The molecule has 2 aliphatic rings. The average Bonchev–Trinajstić information content (AvgIpc) is 2.92. The summed E-state index contributed by atoms with van der Waals surface area (Å²) in [5, 5.41) is 2.32. The van der Waals surface area contributed by atoms with Crippen LogP contribution in [0.25, 0.3) is 0 Å². The number of thioether (sulfide) groups is 2. The Bertz CT molecular complexity index is 239. The molecule has 2 heterocycles. The number of hydrogen-bond acceptors (Lipinski definition) is 5. The van der Waals surface area contributed by atoms with E-state index in [-0.39, 0.29) is 0 Å². The minimum Gasteiger partial charge on any atom is -0.351 e. The van der Waals surface area contributed by atoms with Crippen molar-refractivity contribution < 1.29 is 0 Å². The van der Waals surface area contributed by atoms with Gasteiger partial charge in [0.2, 0.25) is 0 Å². The molecule has 1 fully saturated rings. The lowest BCUT2D eigenvalue weighted by Crippen LogP contribution is -2.34. The van der Waals surface area contributed by atoms with Gasteiger partial charge in [-0.25, -0.2) is 0 Å². The summed E-state index contributed by atoms with van der Waals surface area (Å²) in [4.78, 5) is 5.08. The maximum Gasteiger partial charge on any atom is 0.0713 e. The van der Waals surface area contributed by atoms with Crippen LogP contribution in [0.5, 0.6) is 0 Å². The predicted molar refractivity (Wildman–Crippen MR) is 74.4 cm³/mol. The van der Waals surface area contributed by atoms with E-state index in [1.165, 1.54) is 31.6 Å². The molecule has 1 saturated heterocycles. The Balaban J connectivity index is 1.73. The second-order valence-corrected chi connectivity index (χ2v) is 6.19. The van der Waals surface area contributed by atoms with Crippen molar-refractivity contribution in [1.29, 1.82) is 0 Å². The standard InChI is InChI=1S/C11H21N3S2/c12-3-6-15-7-11-8-16-10-14(11)9-13-4-1-2-5-13/h8H,1-7,9-10,12H2. The Morgan fingerprint density at radius 1 is 1.38 bits per heavy atom. The molecule has 92 valence electrons. The molecule has 2 N–H and O–H groups in total. The summed E-state index contributed by atoms with van der Waals surface area (Å²) >= 11 is 3.87. The average molecular weight is 259 g/mol. The summed E-state index contributed by atoms with van der Waals surface area (Å²) < 4.78 is 0. The number of rotatable bonds is 6. The largest absolute Gasteiger partial charge is 0.351 e. The van der Waals surface area contributed by atoms with Crippen LogP contribution in [0.1, 0.15) is 12.8 Å². The second-order valence-electron chi connectivity index (χ2n) is 4.25. The van der Waals surface area contributed by atoms with E-state index in [4.69, 9.17) is 5.73 Å². The lowest BCUT2D eigenvalue weighted by Gasteiger charge is -2.27. The zero-order chi connectivity index (χ0) is 11.2. The molecule has 16 heavy (non-hydrogen) atoms. The lowest BCUT2D eigenvalue weighted by atomic mass is 10.4. The van der Waals surface area contributed by atoms with E-state index in [1.54, 1.807) is 0 Å². The molecule has 2 rings (SSSR count). The summed E-state index contributed by atoms with van der Waals surface area (Å²) in [5.41, 5.74) is 7.01. The van der Waals surface area contributed by atoms with Gasteiger partial charge in [0.15, 0.2) is 0 Å². The normalized spacial score (nSPS) is 21.8. The maximum absolute atomic E-state index is 5.51. The van der Waals surface area contributed by atoms with Crippen molar-refractivity contribution in [2.24, 2.45) is 5.73 Å². The van der Waals surface area contributed by atoms with Crippen molar-refractivity contribution in [2.45, 2.75) is 12.8 Å². The molecular weight excluding hydrogens is 238 g/mol. The first kappa shape index (κ1) is 12.6. The Morgan fingerprint density at radius 3 is 2.94 bits per heavy atom. The van der Waals surface area contributed by atoms with Crippen LogP contribution in [0, 0.1) is 0 Å². The van der Waals surface area contributed by atoms with E-state index < -0.39 is 0 Å². The molecule has 0 aromatic rings. The highest BCUT2D eigenvalue weighted by atomic mass is 32.2. The monoisotopic (exact) mass is 259 g/mol. The van der Waals surface area contributed by atoms with Gasteiger partial charge in [0.05, 0.1) is 12.5 Å². The van der Waals surface area contributed by atoms with Crippen molar-refractivity contribution in [3.8, 4) is 0 Å². The fraction of sp³-hybridized carbons (Fsp3) is 0.818. The zero-order valence-electron chi connectivity index (χ0n) is 9.73. The van der Waals surface area contributed by atoms with E-state index >= 15 is 0 Å².